The first kappa shape index (κ1) is 26.9. The third-order valence-corrected chi connectivity index (χ3v) is 7.23. The Morgan fingerprint density at radius 1 is 1.17 bits per heavy atom. The van der Waals surface area contributed by atoms with E-state index in [0.717, 1.165) is 35.3 Å². The van der Waals surface area contributed by atoms with Gasteiger partial charge in [0.05, 0.1) is 17.8 Å². The zero-order valence-corrected chi connectivity index (χ0v) is 21.9. The smallest absolute Gasteiger partial charge is 0.243 e. The molecule has 1 saturated heterocycles. The molecule has 4 N–H and O–H groups in total. The van der Waals surface area contributed by atoms with Gasteiger partial charge >= 0.3 is 0 Å². The van der Waals surface area contributed by atoms with E-state index in [9.17, 15) is 14.7 Å². The molecule has 1 aromatic heterocycles. The van der Waals surface area contributed by atoms with Gasteiger partial charge in [0.15, 0.2) is 0 Å². The van der Waals surface area contributed by atoms with Crippen LogP contribution >= 0.6 is 0 Å². The van der Waals surface area contributed by atoms with Crippen molar-refractivity contribution < 1.29 is 14.7 Å². The fraction of sp³-hybridized carbons (Fsp3) is 0.593. The highest BCUT2D eigenvalue weighted by Gasteiger charge is 2.41. The summed E-state index contributed by atoms with van der Waals surface area (Å²) in [4.78, 5) is 27.6. The molecule has 192 valence electrons. The number of benzene rings is 1. The Morgan fingerprint density at radius 3 is 2.57 bits per heavy atom. The first-order valence-electron chi connectivity index (χ1n) is 12.9. The fourth-order valence-electron chi connectivity index (χ4n) is 4.79. The molecule has 0 bridgehead atoms. The average Bonchev–Trinajstić information content (AvgIpc) is 3.45. The van der Waals surface area contributed by atoms with E-state index in [1.165, 1.54) is 0 Å². The molecule has 2 amide bonds. The molecule has 2 aromatic rings. The minimum absolute atomic E-state index is 0.0815. The summed E-state index contributed by atoms with van der Waals surface area (Å²) in [6.45, 7) is 12.7. The van der Waals surface area contributed by atoms with Gasteiger partial charge in [-0.15, -0.1) is 0 Å². The van der Waals surface area contributed by atoms with Crippen molar-refractivity contribution in [1.82, 2.24) is 20.0 Å². The normalized spacial score (nSPS) is 22.9. The molecule has 0 radical (unpaired) electrons. The second-order valence-corrected chi connectivity index (χ2v) is 9.84. The number of hydrogen-bond acceptors (Lipinski definition) is 5. The van der Waals surface area contributed by atoms with E-state index >= 15 is 0 Å². The van der Waals surface area contributed by atoms with Crippen LogP contribution in [0.1, 0.15) is 77.6 Å². The lowest BCUT2D eigenvalue weighted by molar-refractivity contribution is -0.142. The molecule has 8 heteroatoms. The molecule has 2 aliphatic rings. The van der Waals surface area contributed by atoms with E-state index < -0.39 is 12.1 Å². The van der Waals surface area contributed by atoms with Crippen molar-refractivity contribution in [3.8, 4) is 11.3 Å². The molecule has 35 heavy (non-hydrogen) atoms. The molecule has 8 nitrogen and oxygen atoms in total. The molecule has 1 fully saturated rings. The number of nitrogens with two attached hydrogens (primary N) is 1. The number of amides is 2. The van der Waals surface area contributed by atoms with Gasteiger partial charge in [0, 0.05) is 43.2 Å². The molecule has 0 saturated carbocycles. The van der Waals surface area contributed by atoms with Crippen LogP contribution in [-0.2, 0) is 16.1 Å². The summed E-state index contributed by atoms with van der Waals surface area (Å²) >= 11 is 0. The third kappa shape index (κ3) is 5.59. The van der Waals surface area contributed by atoms with Gasteiger partial charge in [-0.2, -0.15) is 5.10 Å². The Morgan fingerprint density at radius 2 is 1.89 bits per heavy atom. The van der Waals surface area contributed by atoms with E-state index in [2.05, 4.69) is 16.5 Å². The average molecular weight is 484 g/mol. The van der Waals surface area contributed by atoms with Gasteiger partial charge < -0.3 is 21.1 Å². The Bertz CT molecular complexity index is 1030. The van der Waals surface area contributed by atoms with Crippen molar-refractivity contribution in [3.63, 3.8) is 0 Å². The predicted molar refractivity (Wildman–Crippen MR) is 137 cm³/mol. The van der Waals surface area contributed by atoms with Crippen LogP contribution in [-0.4, -0.2) is 50.3 Å². The lowest BCUT2D eigenvalue weighted by atomic mass is 9.93. The number of aliphatic hydroxyl groups is 1. The van der Waals surface area contributed by atoms with Crippen molar-refractivity contribution in [1.29, 1.82) is 0 Å². The van der Waals surface area contributed by atoms with Gasteiger partial charge in [-0.3, -0.25) is 14.3 Å². The lowest BCUT2D eigenvalue weighted by Crippen LogP contribution is -2.48. The van der Waals surface area contributed by atoms with Gasteiger partial charge in [0.25, 0.3) is 0 Å². The monoisotopic (exact) mass is 483 g/mol. The number of fused-ring (bicyclic) bond motifs is 3. The second kappa shape index (κ2) is 11.4. The van der Waals surface area contributed by atoms with Gasteiger partial charge in [-0.05, 0) is 36.5 Å². The highest BCUT2D eigenvalue weighted by molar-refractivity contribution is 5.89. The number of nitrogens with zero attached hydrogens (tertiary/aromatic N) is 3. The van der Waals surface area contributed by atoms with Crippen LogP contribution in [0.4, 0.5) is 0 Å². The van der Waals surface area contributed by atoms with Crippen LogP contribution in [0.5, 0.6) is 0 Å². The summed E-state index contributed by atoms with van der Waals surface area (Å²) in [5.74, 6) is -0.358. The topological polar surface area (TPSA) is 113 Å². The first-order chi connectivity index (χ1) is 16.7. The maximum Gasteiger partial charge on any atom is 0.243 e. The van der Waals surface area contributed by atoms with E-state index in [0.29, 0.717) is 0 Å². The summed E-state index contributed by atoms with van der Waals surface area (Å²) in [5.41, 5.74) is 10.6. The lowest BCUT2D eigenvalue weighted by Gasteiger charge is -2.29. The van der Waals surface area contributed by atoms with Crippen molar-refractivity contribution in [3.05, 3.63) is 41.6 Å². The molecular weight excluding hydrogens is 442 g/mol. The van der Waals surface area contributed by atoms with Crippen LogP contribution in [0.2, 0.25) is 0 Å². The van der Waals surface area contributed by atoms with Gasteiger partial charge in [0.1, 0.15) is 6.04 Å². The Balaban J connectivity index is 0.00000167. The minimum atomic E-state index is -0.685. The number of aromatic nitrogens is 2. The molecule has 5 unspecified atom stereocenters. The van der Waals surface area contributed by atoms with Crippen molar-refractivity contribution >= 4 is 11.8 Å². The van der Waals surface area contributed by atoms with Crippen molar-refractivity contribution in [2.45, 2.75) is 85.2 Å². The van der Waals surface area contributed by atoms with Gasteiger partial charge in [0.2, 0.25) is 11.8 Å². The summed E-state index contributed by atoms with van der Waals surface area (Å²) in [6.07, 6.45) is 2.16. The maximum absolute atomic E-state index is 13.2. The first-order valence-corrected chi connectivity index (χ1v) is 12.9. The highest BCUT2D eigenvalue weighted by atomic mass is 16.3. The Hall–Kier alpha value is -2.71. The number of aliphatic hydroxyl groups excluding tert-OH is 1. The zero-order chi connectivity index (χ0) is 25.9. The van der Waals surface area contributed by atoms with Crippen molar-refractivity contribution in [2.24, 2.45) is 17.6 Å². The molecule has 0 spiro atoms. The molecule has 4 rings (SSSR count). The van der Waals surface area contributed by atoms with Crippen LogP contribution in [0.15, 0.2) is 30.5 Å². The number of β-amino-alcohol motifs (C(OH)–C–C–N with tert-alkyl or cyclic N) is 1. The number of likely N-dealkylation sites (tertiary alicyclic amines) is 1. The molecular formula is C27H41N5O3. The number of nitrogens with one attached hydrogen (secondary N) is 1. The largest absolute Gasteiger partial charge is 0.391 e. The third-order valence-electron chi connectivity index (χ3n) is 7.23. The molecule has 0 aliphatic carbocycles. The highest BCUT2D eigenvalue weighted by Crippen LogP contribution is 2.34. The van der Waals surface area contributed by atoms with Crippen LogP contribution < -0.4 is 11.1 Å². The summed E-state index contributed by atoms with van der Waals surface area (Å²) in [5, 5.41) is 17.6. The molecule has 1 aromatic carbocycles. The second-order valence-electron chi connectivity index (χ2n) is 9.84. The van der Waals surface area contributed by atoms with Crippen LogP contribution in [0.3, 0.4) is 0 Å². The fourth-order valence-corrected chi connectivity index (χ4v) is 4.79. The molecule has 3 heterocycles. The van der Waals surface area contributed by atoms with E-state index in [1.807, 2.05) is 64.4 Å². The number of carbonyl (C=O) groups excluding carboxylic acids is 2. The number of hydrogen-bond donors (Lipinski definition) is 3. The quantitative estimate of drug-likeness (QED) is 0.603. The summed E-state index contributed by atoms with van der Waals surface area (Å²) in [7, 11) is 0. The minimum Gasteiger partial charge on any atom is -0.391 e. The zero-order valence-electron chi connectivity index (χ0n) is 21.9. The number of aryl methyl sites for hydroxylation is 1. The van der Waals surface area contributed by atoms with Crippen LogP contribution in [0, 0.1) is 11.8 Å². The van der Waals surface area contributed by atoms with E-state index in [1.54, 1.807) is 11.1 Å². The predicted octanol–water partition coefficient (Wildman–Crippen LogP) is 3.41. The van der Waals surface area contributed by atoms with Gasteiger partial charge in [-0.1, -0.05) is 52.8 Å². The van der Waals surface area contributed by atoms with E-state index in [4.69, 9.17) is 5.73 Å². The summed E-state index contributed by atoms with van der Waals surface area (Å²) < 4.78 is 1.98. The van der Waals surface area contributed by atoms with E-state index in [-0.39, 0.29) is 48.7 Å². The van der Waals surface area contributed by atoms with Crippen molar-refractivity contribution in [2.75, 3.05) is 6.54 Å². The molecule has 5 atom stereocenters. The Kier molecular flexibility index (Phi) is 8.72. The Labute approximate surface area is 208 Å². The van der Waals surface area contributed by atoms with Crippen LogP contribution in [0.25, 0.3) is 11.3 Å². The SMILES string of the molecule is CC.CC(NC(=O)C1CC(O)CN1C(=O)C(C)C(C)C)c1ccc2c(c1)C(N)CCn1nccc1-2. The number of carbonyl (C=O) groups is 2. The molecule has 2 aliphatic heterocycles. The maximum atomic E-state index is 13.2. The summed E-state index contributed by atoms with van der Waals surface area (Å²) in [6, 6.07) is 7.09. The number of rotatable bonds is 5. The standard InChI is InChI=1S/C25H35N5O3.C2H6/c1-14(2)15(3)25(33)29-13-18(31)12-23(29)24(32)28-16(4)17-5-6-19-20(11-17)21(26)8-10-30-22(19)7-9-27-30;1-2/h5-7,9,11,14-16,18,21,23,31H,8,10,12-13,26H2,1-4H3,(H,28,32);1-2H3. The van der Waals surface area contributed by atoms with Gasteiger partial charge in [-0.25, -0.2) is 0 Å².